The van der Waals surface area contributed by atoms with E-state index in [1.165, 1.54) is 32.4 Å². The van der Waals surface area contributed by atoms with Crippen molar-refractivity contribution in [2.24, 2.45) is 11.8 Å². The molecule has 2 nitrogen and oxygen atoms in total. The first-order valence-electron chi connectivity index (χ1n) is 5.72. The van der Waals surface area contributed by atoms with E-state index in [0.29, 0.717) is 0 Å². The van der Waals surface area contributed by atoms with Crippen LogP contribution in [0.3, 0.4) is 0 Å². The van der Waals surface area contributed by atoms with Gasteiger partial charge in [0, 0.05) is 25.2 Å². The lowest BCUT2D eigenvalue weighted by Gasteiger charge is -2.39. The molecule has 2 rings (SSSR count). The third kappa shape index (κ3) is 2.23. The highest BCUT2D eigenvalue weighted by molar-refractivity contribution is 4.89. The Hall–Kier alpha value is -0.0800. The predicted molar refractivity (Wildman–Crippen MR) is 55.8 cm³/mol. The Morgan fingerprint density at radius 1 is 1.15 bits per heavy atom. The quantitative estimate of drug-likeness (QED) is 0.674. The summed E-state index contributed by atoms with van der Waals surface area (Å²) in [5, 5.41) is 7.08. The van der Waals surface area contributed by atoms with Gasteiger partial charge in [-0.2, -0.15) is 0 Å². The van der Waals surface area contributed by atoms with E-state index in [4.69, 9.17) is 0 Å². The van der Waals surface area contributed by atoms with Crippen LogP contribution in [0.5, 0.6) is 0 Å². The summed E-state index contributed by atoms with van der Waals surface area (Å²) in [6, 6.07) is 1.56. The molecule has 0 aromatic carbocycles. The Kier molecular flexibility index (Phi) is 2.89. The highest BCUT2D eigenvalue weighted by atomic mass is 15.1. The molecule has 13 heavy (non-hydrogen) atoms. The number of rotatable bonds is 2. The molecule has 1 aliphatic heterocycles. The van der Waals surface area contributed by atoms with Crippen molar-refractivity contribution < 1.29 is 0 Å². The lowest BCUT2D eigenvalue weighted by molar-refractivity contribution is 0.195. The van der Waals surface area contributed by atoms with E-state index in [1.807, 2.05) is 0 Å². The van der Waals surface area contributed by atoms with Crippen LogP contribution in [0.2, 0.25) is 0 Å². The van der Waals surface area contributed by atoms with Gasteiger partial charge in [-0.25, -0.2) is 0 Å². The average molecular weight is 182 g/mol. The zero-order valence-electron chi connectivity index (χ0n) is 8.84. The minimum Gasteiger partial charge on any atom is -0.314 e. The van der Waals surface area contributed by atoms with Crippen LogP contribution >= 0.6 is 0 Å². The van der Waals surface area contributed by atoms with Crippen molar-refractivity contribution in [1.82, 2.24) is 10.6 Å². The van der Waals surface area contributed by atoms with Gasteiger partial charge >= 0.3 is 0 Å². The van der Waals surface area contributed by atoms with Crippen molar-refractivity contribution in [3.8, 4) is 0 Å². The summed E-state index contributed by atoms with van der Waals surface area (Å²) < 4.78 is 0. The van der Waals surface area contributed by atoms with Gasteiger partial charge in [0.1, 0.15) is 0 Å². The van der Waals surface area contributed by atoms with E-state index in [1.54, 1.807) is 0 Å². The van der Waals surface area contributed by atoms with Crippen molar-refractivity contribution in [1.29, 1.82) is 0 Å². The molecule has 0 aromatic rings. The maximum Gasteiger partial charge on any atom is 0.0320 e. The third-order valence-corrected chi connectivity index (χ3v) is 3.66. The minimum absolute atomic E-state index is 0.765. The molecule has 2 N–H and O–H groups in total. The summed E-state index contributed by atoms with van der Waals surface area (Å²) in [6.45, 7) is 7.15. The maximum atomic E-state index is 3.76. The third-order valence-electron chi connectivity index (χ3n) is 3.66. The number of hydrogen-bond donors (Lipinski definition) is 2. The van der Waals surface area contributed by atoms with Gasteiger partial charge in [-0.3, -0.25) is 0 Å². The van der Waals surface area contributed by atoms with Crippen LogP contribution in [0.1, 0.15) is 33.1 Å². The molecule has 2 heteroatoms. The molecule has 2 aliphatic rings. The Balaban J connectivity index is 1.77. The van der Waals surface area contributed by atoms with Gasteiger partial charge in [0.2, 0.25) is 0 Å². The van der Waals surface area contributed by atoms with Crippen LogP contribution in [0.15, 0.2) is 0 Å². The lowest BCUT2D eigenvalue weighted by atomic mass is 9.79. The summed E-state index contributed by atoms with van der Waals surface area (Å²) >= 11 is 0. The lowest BCUT2D eigenvalue weighted by Crippen LogP contribution is -2.59. The van der Waals surface area contributed by atoms with E-state index >= 15 is 0 Å². The smallest absolute Gasteiger partial charge is 0.0320 e. The van der Waals surface area contributed by atoms with Crippen molar-refractivity contribution in [3.63, 3.8) is 0 Å². The van der Waals surface area contributed by atoms with E-state index < -0.39 is 0 Å². The Labute approximate surface area is 81.5 Å². The fraction of sp³-hybridized carbons (Fsp3) is 1.00. The molecule has 1 aliphatic carbocycles. The molecule has 76 valence electrons. The minimum atomic E-state index is 0.765. The van der Waals surface area contributed by atoms with E-state index in [0.717, 1.165) is 23.9 Å². The standard InChI is InChI=1S/C11H22N2/c1-8-3-4-11(9(2)5-8)13-10-6-12-7-10/h8-13H,3-7H2,1-2H3. The predicted octanol–water partition coefficient (Wildman–Crippen LogP) is 1.37. The molecule has 3 atom stereocenters. The zero-order chi connectivity index (χ0) is 9.26. The summed E-state index contributed by atoms with van der Waals surface area (Å²) in [4.78, 5) is 0. The highest BCUT2D eigenvalue weighted by Crippen LogP contribution is 2.28. The van der Waals surface area contributed by atoms with Crippen LogP contribution in [0.4, 0.5) is 0 Å². The zero-order valence-corrected chi connectivity index (χ0v) is 8.84. The van der Waals surface area contributed by atoms with Gasteiger partial charge in [0.05, 0.1) is 0 Å². The first kappa shape index (κ1) is 9.47. The van der Waals surface area contributed by atoms with E-state index in [-0.39, 0.29) is 0 Å². The molecule has 2 fully saturated rings. The number of hydrogen-bond acceptors (Lipinski definition) is 2. The second-order valence-electron chi connectivity index (χ2n) is 5.02. The fourth-order valence-electron chi connectivity index (χ4n) is 2.62. The highest BCUT2D eigenvalue weighted by Gasteiger charge is 2.28. The Morgan fingerprint density at radius 2 is 1.92 bits per heavy atom. The first-order valence-corrected chi connectivity index (χ1v) is 5.72. The van der Waals surface area contributed by atoms with Gasteiger partial charge in [0.25, 0.3) is 0 Å². The normalized spacial score (nSPS) is 41.5. The van der Waals surface area contributed by atoms with Gasteiger partial charge in [-0.05, 0) is 31.1 Å². The molecule has 1 heterocycles. The maximum absolute atomic E-state index is 3.76. The molecule has 0 spiro atoms. The second kappa shape index (κ2) is 3.97. The van der Waals surface area contributed by atoms with Gasteiger partial charge in [0.15, 0.2) is 0 Å². The average Bonchev–Trinajstić information content (AvgIpc) is 1.99. The van der Waals surface area contributed by atoms with Gasteiger partial charge in [-0.1, -0.05) is 13.8 Å². The Bertz CT molecular complexity index is 165. The summed E-state index contributed by atoms with van der Waals surface area (Å²) in [6.07, 6.45) is 4.22. The Morgan fingerprint density at radius 3 is 2.46 bits per heavy atom. The second-order valence-corrected chi connectivity index (χ2v) is 5.02. The molecule has 1 saturated heterocycles. The molecule has 0 radical (unpaired) electrons. The van der Waals surface area contributed by atoms with Crippen LogP contribution in [-0.4, -0.2) is 25.2 Å². The van der Waals surface area contributed by atoms with Crippen LogP contribution in [0, 0.1) is 11.8 Å². The van der Waals surface area contributed by atoms with Crippen LogP contribution in [-0.2, 0) is 0 Å². The summed E-state index contributed by atoms with van der Waals surface area (Å²) in [7, 11) is 0. The monoisotopic (exact) mass is 182 g/mol. The van der Waals surface area contributed by atoms with Gasteiger partial charge in [-0.15, -0.1) is 0 Å². The molecular weight excluding hydrogens is 160 g/mol. The van der Waals surface area contributed by atoms with Crippen LogP contribution < -0.4 is 10.6 Å². The SMILES string of the molecule is CC1CCC(NC2CNC2)C(C)C1. The summed E-state index contributed by atoms with van der Waals surface area (Å²) in [5.74, 6) is 1.83. The number of nitrogens with one attached hydrogen (secondary N) is 2. The first-order chi connectivity index (χ1) is 6.25. The molecular formula is C11H22N2. The van der Waals surface area contributed by atoms with Crippen molar-refractivity contribution in [3.05, 3.63) is 0 Å². The largest absolute Gasteiger partial charge is 0.314 e. The fourth-order valence-corrected chi connectivity index (χ4v) is 2.62. The van der Waals surface area contributed by atoms with Crippen LogP contribution in [0.25, 0.3) is 0 Å². The molecule has 0 amide bonds. The molecule has 3 unspecified atom stereocenters. The molecule has 1 saturated carbocycles. The van der Waals surface area contributed by atoms with Crippen molar-refractivity contribution in [2.45, 2.75) is 45.2 Å². The van der Waals surface area contributed by atoms with E-state index in [9.17, 15) is 0 Å². The topological polar surface area (TPSA) is 24.1 Å². The van der Waals surface area contributed by atoms with Crippen molar-refractivity contribution >= 4 is 0 Å². The summed E-state index contributed by atoms with van der Waals surface area (Å²) in [5.41, 5.74) is 0. The molecule has 0 bridgehead atoms. The van der Waals surface area contributed by atoms with Gasteiger partial charge < -0.3 is 10.6 Å². The van der Waals surface area contributed by atoms with E-state index in [2.05, 4.69) is 24.5 Å². The van der Waals surface area contributed by atoms with Crippen molar-refractivity contribution in [2.75, 3.05) is 13.1 Å². The molecule has 0 aromatic heterocycles.